The van der Waals surface area contributed by atoms with Crippen LogP contribution in [0.4, 0.5) is 0 Å². The molecule has 0 heterocycles. The van der Waals surface area contributed by atoms with Gasteiger partial charge in [-0.05, 0) is 130 Å². The van der Waals surface area contributed by atoms with Crippen molar-refractivity contribution in [2.45, 2.75) is 90.6 Å². The van der Waals surface area contributed by atoms with E-state index in [9.17, 15) is 5.11 Å². The topological polar surface area (TPSA) is 79.9 Å². The fourth-order valence-electron chi connectivity index (χ4n) is 9.80. The lowest BCUT2D eigenvalue weighted by Gasteiger charge is -2.58. The van der Waals surface area contributed by atoms with Crippen molar-refractivity contribution in [2.24, 2.45) is 58.7 Å². The highest BCUT2D eigenvalue weighted by Crippen LogP contribution is 2.70. The number of nitriles is 1. The van der Waals surface area contributed by atoms with E-state index in [4.69, 9.17) is 10.7 Å². The molecule has 10 atom stereocenters. The molecular weight excluding hydrogens is 406 g/mol. The molecule has 5 aliphatic carbocycles. The first-order valence-corrected chi connectivity index (χ1v) is 13.8. The summed E-state index contributed by atoms with van der Waals surface area (Å²) in [6.45, 7) is 8.05. The molecule has 0 unspecified atom stereocenters. The zero-order chi connectivity index (χ0) is 23.4. The van der Waals surface area contributed by atoms with Crippen LogP contribution in [-0.4, -0.2) is 23.5 Å². The van der Waals surface area contributed by atoms with Gasteiger partial charge < -0.3 is 15.8 Å². The maximum absolute atomic E-state index is 10.7. The maximum atomic E-state index is 10.7. The largest absolute Gasteiger partial charge is 0.390 e. The normalized spacial score (nSPS) is 48.1. The van der Waals surface area contributed by atoms with Crippen LogP contribution in [0.2, 0.25) is 0 Å². The smallest absolute Gasteiger partial charge is 0.102 e. The van der Waals surface area contributed by atoms with E-state index in [1.165, 1.54) is 51.4 Å². The molecule has 4 nitrogen and oxygen atoms in total. The zero-order valence-corrected chi connectivity index (χ0v) is 21.0. The van der Waals surface area contributed by atoms with Crippen molar-refractivity contribution >= 4 is 6.21 Å². The first kappa shape index (κ1) is 23.4. The van der Waals surface area contributed by atoms with Gasteiger partial charge in [0.1, 0.15) is 6.07 Å². The Hall–Kier alpha value is -1.34. The Morgan fingerprint density at radius 2 is 1.79 bits per heavy atom. The van der Waals surface area contributed by atoms with Crippen molar-refractivity contribution in [3.8, 4) is 6.07 Å². The van der Waals surface area contributed by atoms with Crippen LogP contribution in [0.1, 0.15) is 85.0 Å². The molecule has 182 valence electrons. The molecule has 0 amide bonds. The Bertz CT molecular complexity index is 823. The Labute approximate surface area is 201 Å². The van der Waals surface area contributed by atoms with Gasteiger partial charge in [-0.2, -0.15) is 5.26 Å². The third-order valence-electron chi connectivity index (χ3n) is 11.3. The fourth-order valence-corrected chi connectivity index (χ4v) is 9.80. The Morgan fingerprint density at radius 3 is 2.48 bits per heavy atom. The SMILES string of the molecule is C[C@@H](CN/C=C(/C#N)C=N)[C@H]1C[C@@H](C2CC2)[C@H]2[C@@H]3CC[C@@H]4C[C@](C)(O)CC[C@@H]4[C@H]3CC[C@@]21C. The number of aliphatic hydroxyl groups is 1. The summed E-state index contributed by atoms with van der Waals surface area (Å²) in [5, 5.41) is 30.5. The third-order valence-corrected chi connectivity index (χ3v) is 11.3. The maximum Gasteiger partial charge on any atom is 0.102 e. The summed E-state index contributed by atoms with van der Waals surface area (Å²) in [7, 11) is 0. The number of nitrogens with one attached hydrogen (secondary N) is 2. The van der Waals surface area contributed by atoms with E-state index in [0.29, 0.717) is 16.9 Å². The zero-order valence-electron chi connectivity index (χ0n) is 21.0. The third kappa shape index (κ3) is 4.18. The minimum Gasteiger partial charge on any atom is -0.390 e. The second-order valence-electron chi connectivity index (χ2n) is 13.2. The van der Waals surface area contributed by atoms with E-state index >= 15 is 0 Å². The van der Waals surface area contributed by atoms with Crippen LogP contribution < -0.4 is 5.32 Å². The molecule has 0 saturated heterocycles. The first-order valence-electron chi connectivity index (χ1n) is 13.8. The summed E-state index contributed by atoms with van der Waals surface area (Å²) in [6, 6.07) is 2.08. The van der Waals surface area contributed by atoms with Gasteiger partial charge in [0.25, 0.3) is 0 Å². The molecular formula is C29H45N3O. The molecule has 0 aromatic heterocycles. The van der Waals surface area contributed by atoms with Crippen LogP contribution in [0.3, 0.4) is 0 Å². The number of hydrogen-bond donors (Lipinski definition) is 3. The molecule has 5 fully saturated rings. The van der Waals surface area contributed by atoms with Gasteiger partial charge in [0.2, 0.25) is 0 Å². The number of allylic oxidation sites excluding steroid dienone is 1. The van der Waals surface area contributed by atoms with Crippen LogP contribution in [0.15, 0.2) is 11.8 Å². The molecule has 5 saturated carbocycles. The standard InChI is InChI=1S/C29H45N3O/c1-18(16-32-17-19(14-30)15-31)26-12-25(20-4-5-20)27-24-7-6-21-13-28(2,33)10-8-22(21)23(24)9-11-29(26,27)3/h14,17-18,20-27,30,32-33H,4-13,16H2,1-3H3/b19-17+,30-14?/t18-,21+,22-,23+,24+,25-,26+,27+,28+,29+/m0/s1. The summed E-state index contributed by atoms with van der Waals surface area (Å²) < 4.78 is 0. The minimum absolute atomic E-state index is 0.400. The van der Waals surface area contributed by atoms with Crippen LogP contribution in [-0.2, 0) is 0 Å². The number of rotatable bonds is 6. The summed E-state index contributed by atoms with van der Waals surface area (Å²) in [5.41, 5.74) is 0.426. The molecule has 0 aromatic rings. The molecule has 3 N–H and O–H groups in total. The number of nitrogens with zero attached hydrogens (tertiary/aromatic N) is 1. The lowest BCUT2D eigenvalue weighted by molar-refractivity contribution is -0.110. The molecule has 0 aromatic carbocycles. The molecule has 0 aliphatic heterocycles. The van der Waals surface area contributed by atoms with Crippen molar-refractivity contribution in [1.82, 2.24) is 5.32 Å². The highest BCUT2D eigenvalue weighted by Gasteiger charge is 2.63. The lowest BCUT2D eigenvalue weighted by atomic mass is 9.47. The Kier molecular flexibility index (Phi) is 6.17. The highest BCUT2D eigenvalue weighted by atomic mass is 16.3. The Balaban J connectivity index is 1.34. The monoisotopic (exact) mass is 451 g/mol. The van der Waals surface area contributed by atoms with Gasteiger partial charge in [0.05, 0.1) is 11.2 Å². The van der Waals surface area contributed by atoms with Gasteiger partial charge in [-0.3, -0.25) is 0 Å². The second-order valence-corrected chi connectivity index (χ2v) is 13.2. The molecule has 33 heavy (non-hydrogen) atoms. The number of hydrogen-bond acceptors (Lipinski definition) is 4. The predicted octanol–water partition coefficient (Wildman–Crippen LogP) is 5.93. The van der Waals surface area contributed by atoms with E-state index in [2.05, 4.69) is 32.2 Å². The van der Waals surface area contributed by atoms with Gasteiger partial charge in [-0.15, -0.1) is 0 Å². The summed E-state index contributed by atoms with van der Waals surface area (Å²) in [4.78, 5) is 0. The average molecular weight is 452 g/mol. The van der Waals surface area contributed by atoms with Crippen LogP contribution >= 0.6 is 0 Å². The average Bonchev–Trinajstić information content (AvgIpc) is 3.57. The summed E-state index contributed by atoms with van der Waals surface area (Å²) in [6.07, 6.45) is 16.0. The molecule has 0 bridgehead atoms. The quantitative estimate of drug-likeness (QED) is 0.346. The molecule has 0 radical (unpaired) electrons. The van der Waals surface area contributed by atoms with E-state index in [1.807, 2.05) is 0 Å². The minimum atomic E-state index is -0.424. The van der Waals surface area contributed by atoms with Crippen molar-refractivity contribution < 1.29 is 5.11 Å². The molecule has 0 spiro atoms. The first-order chi connectivity index (χ1) is 15.8. The van der Waals surface area contributed by atoms with Crippen LogP contribution in [0.25, 0.3) is 0 Å². The van der Waals surface area contributed by atoms with Gasteiger partial charge in [-0.25, -0.2) is 0 Å². The van der Waals surface area contributed by atoms with Crippen molar-refractivity contribution in [3.05, 3.63) is 11.8 Å². The van der Waals surface area contributed by atoms with E-state index < -0.39 is 5.60 Å². The van der Waals surface area contributed by atoms with Gasteiger partial charge in [0, 0.05) is 19.0 Å². The van der Waals surface area contributed by atoms with Gasteiger partial charge in [0.15, 0.2) is 0 Å². The van der Waals surface area contributed by atoms with Crippen molar-refractivity contribution in [1.29, 1.82) is 10.7 Å². The van der Waals surface area contributed by atoms with Gasteiger partial charge in [-0.1, -0.05) is 13.8 Å². The van der Waals surface area contributed by atoms with Crippen molar-refractivity contribution in [2.75, 3.05) is 6.54 Å². The second kappa shape index (κ2) is 8.71. The molecule has 5 aliphatic rings. The lowest BCUT2D eigenvalue weighted by Crippen LogP contribution is -2.52. The molecule has 5 rings (SSSR count). The summed E-state index contributed by atoms with van der Waals surface area (Å²) in [5.74, 6) is 7.57. The predicted molar refractivity (Wildman–Crippen MR) is 132 cm³/mol. The molecule has 4 heteroatoms. The fraction of sp³-hybridized carbons (Fsp3) is 0.862. The van der Waals surface area contributed by atoms with Crippen molar-refractivity contribution in [3.63, 3.8) is 0 Å². The van der Waals surface area contributed by atoms with Gasteiger partial charge >= 0.3 is 0 Å². The van der Waals surface area contributed by atoms with E-state index in [-0.39, 0.29) is 0 Å². The summed E-state index contributed by atoms with van der Waals surface area (Å²) >= 11 is 0. The van der Waals surface area contributed by atoms with E-state index in [1.54, 1.807) is 6.20 Å². The Morgan fingerprint density at radius 1 is 1.06 bits per heavy atom. The number of fused-ring (bicyclic) bond motifs is 5. The van der Waals surface area contributed by atoms with E-state index in [0.717, 1.165) is 72.9 Å². The van der Waals surface area contributed by atoms with Crippen LogP contribution in [0.5, 0.6) is 0 Å². The highest BCUT2D eigenvalue weighted by molar-refractivity contribution is 5.80. The van der Waals surface area contributed by atoms with Crippen LogP contribution in [0, 0.1) is 75.4 Å².